The van der Waals surface area contributed by atoms with Crippen LogP contribution in [0.2, 0.25) is 0 Å². The molecule has 98 valence electrons. The highest BCUT2D eigenvalue weighted by atomic mass is 32.1. The molecule has 0 unspecified atom stereocenters. The van der Waals surface area contributed by atoms with Gasteiger partial charge in [0, 0.05) is 22.8 Å². The first kappa shape index (κ1) is 12.6. The summed E-state index contributed by atoms with van der Waals surface area (Å²) in [6.07, 6.45) is 3.50. The smallest absolute Gasteiger partial charge is 0.353 e. The van der Waals surface area contributed by atoms with Gasteiger partial charge in [-0.15, -0.1) is 11.3 Å². The van der Waals surface area contributed by atoms with E-state index in [-0.39, 0.29) is 5.97 Å². The van der Waals surface area contributed by atoms with Gasteiger partial charge >= 0.3 is 5.97 Å². The van der Waals surface area contributed by atoms with E-state index in [9.17, 15) is 4.79 Å². The van der Waals surface area contributed by atoms with E-state index in [0.29, 0.717) is 10.6 Å². The van der Waals surface area contributed by atoms with Crippen LogP contribution in [0.1, 0.15) is 9.67 Å². The minimum atomic E-state index is -0.337. The van der Waals surface area contributed by atoms with Crippen molar-refractivity contribution in [2.45, 2.75) is 0 Å². The number of rotatable bonds is 3. The van der Waals surface area contributed by atoms with Gasteiger partial charge < -0.3 is 4.74 Å². The monoisotopic (exact) mass is 281 g/mol. The van der Waals surface area contributed by atoms with Crippen molar-refractivity contribution in [2.75, 3.05) is 0 Å². The topological polar surface area (TPSA) is 39.2 Å². The maximum absolute atomic E-state index is 12.0. The Morgan fingerprint density at radius 2 is 1.85 bits per heavy atom. The Balaban J connectivity index is 1.79. The number of aromatic nitrogens is 1. The van der Waals surface area contributed by atoms with Crippen LogP contribution in [0.5, 0.6) is 5.75 Å². The minimum absolute atomic E-state index is 0.337. The summed E-state index contributed by atoms with van der Waals surface area (Å²) in [5.41, 5.74) is 0.997. The normalized spacial score (nSPS) is 10.2. The van der Waals surface area contributed by atoms with Gasteiger partial charge in [0.1, 0.15) is 10.6 Å². The number of hydrogen-bond donors (Lipinski definition) is 0. The van der Waals surface area contributed by atoms with Gasteiger partial charge in [0.05, 0.1) is 0 Å². The fraction of sp³-hybridized carbons (Fsp3) is 0. The van der Waals surface area contributed by atoms with Crippen LogP contribution in [0.3, 0.4) is 0 Å². The van der Waals surface area contributed by atoms with E-state index < -0.39 is 0 Å². The Hall–Kier alpha value is -2.46. The maximum Gasteiger partial charge on any atom is 0.353 e. The molecule has 0 bridgehead atoms. The Labute approximate surface area is 120 Å². The van der Waals surface area contributed by atoms with Gasteiger partial charge in [-0.2, -0.15) is 0 Å². The minimum Gasteiger partial charge on any atom is -0.422 e. The lowest BCUT2D eigenvalue weighted by Gasteiger charge is -2.01. The molecule has 0 aliphatic rings. The number of para-hydroxylation sites is 1. The predicted octanol–water partition coefficient (Wildman–Crippen LogP) is 4.03. The summed E-state index contributed by atoms with van der Waals surface area (Å²) in [5.74, 6) is 0.213. The molecule has 2 heterocycles. The molecule has 0 N–H and O–H groups in total. The fourth-order valence-electron chi connectivity index (χ4n) is 1.76. The van der Waals surface area contributed by atoms with E-state index in [0.717, 1.165) is 10.4 Å². The van der Waals surface area contributed by atoms with Gasteiger partial charge in [0.2, 0.25) is 0 Å². The zero-order valence-corrected chi connectivity index (χ0v) is 11.3. The second-order valence-corrected chi connectivity index (χ2v) is 5.19. The molecular weight excluding hydrogens is 270 g/mol. The summed E-state index contributed by atoms with van der Waals surface area (Å²) in [4.78, 5) is 17.7. The van der Waals surface area contributed by atoms with Crippen LogP contribution in [0.4, 0.5) is 0 Å². The van der Waals surface area contributed by atoms with Crippen molar-refractivity contribution in [1.29, 1.82) is 0 Å². The third-order valence-corrected chi connectivity index (χ3v) is 3.82. The Morgan fingerprint density at radius 1 is 1.00 bits per heavy atom. The Kier molecular flexibility index (Phi) is 3.56. The van der Waals surface area contributed by atoms with E-state index in [1.165, 1.54) is 11.3 Å². The number of nitrogens with zero attached hydrogens (tertiary/aromatic N) is 1. The quantitative estimate of drug-likeness (QED) is 0.537. The van der Waals surface area contributed by atoms with E-state index in [1.54, 1.807) is 30.6 Å². The van der Waals surface area contributed by atoms with Gasteiger partial charge in [-0.25, -0.2) is 4.79 Å². The molecule has 0 aliphatic heterocycles. The number of esters is 1. The number of carbonyl (C=O) groups excluding carboxylic acids is 1. The number of benzene rings is 1. The molecule has 20 heavy (non-hydrogen) atoms. The van der Waals surface area contributed by atoms with E-state index in [4.69, 9.17) is 4.74 Å². The Bertz CT molecular complexity index is 708. The largest absolute Gasteiger partial charge is 0.422 e. The highest BCUT2D eigenvalue weighted by Crippen LogP contribution is 2.28. The molecule has 1 aromatic carbocycles. The van der Waals surface area contributed by atoms with Crippen molar-refractivity contribution in [3.63, 3.8) is 0 Å². The third-order valence-electron chi connectivity index (χ3n) is 2.71. The van der Waals surface area contributed by atoms with Crippen molar-refractivity contribution in [2.24, 2.45) is 0 Å². The average Bonchev–Trinajstić information content (AvgIpc) is 2.99. The summed E-state index contributed by atoms with van der Waals surface area (Å²) in [6, 6.07) is 16.6. The molecule has 3 rings (SSSR count). The summed E-state index contributed by atoms with van der Waals surface area (Å²) >= 11 is 1.40. The lowest BCUT2D eigenvalue weighted by Crippen LogP contribution is -2.05. The van der Waals surface area contributed by atoms with Crippen molar-refractivity contribution >= 4 is 17.3 Å². The van der Waals surface area contributed by atoms with Crippen molar-refractivity contribution < 1.29 is 9.53 Å². The second kappa shape index (κ2) is 5.67. The van der Waals surface area contributed by atoms with Gasteiger partial charge in [0.15, 0.2) is 0 Å². The van der Waals surface area contributed by atoms with Crippen LogP contribution in [-0.2, 0) is 0 Å². The second-order valence-electron chi connectivity index (χ2n) is 4.11. The third kappa shape index (κ3) is 2.75. The summed E-state index contributed by atoms with van der Waals surface area (Å²) < 4.78 is 5.31. The molecule has 3 nitrogen and oxygen atoms in total. The van der Waals surface area contributed by atoms with Crippen molar-refractivity contribution in [1.82, 2.24) is 4.98 Å². The van der Waals surface area contributed by atoms with Crippen LogP contribution in [0, 0.1) is 0 Å². The molecule has 3 aromatic rings. The van der Waals surface area contributed by atoms with Crippen LogP contribution < -0.4 is 4.74 Å². The highest BCUT2D eigenvalue weighted by Gasteiger charge is 2.12. The first-order valence-corrected chi connectivity index (χ1v) is 6.92. The summed E-state index contributed by atoms with van der Waals surface area (Å²) in [5, 5.41) is 0. The van der Waals surface area contributed by atoms with Crippen molar-refractivity contribution in [3.8, 4) is 16.2 Å². The Morgan fingerprint density at radius 3 is 2.60 bits per heavy atom. The molecule has 0 aliphatic carbocycles. The molecule has 4 heteroatoms. The van der Waals surface area contributed by atoms with Gasteiger partial charge in [0.25, 0.3) is 0 Å². The van der Waals surface area contributed by atoms with Gasteiger partial charge in [-0.3, -0.25) is 4.98 Å². The van der Waals surface area contributed by atoms with Crippen LogP contribution in [0.25, 0.3) is 10.4 Å². The predicted molar refractivity (Wildman–Crippen MR) is 79.0 cm³/mol. The molecule has 0 saturated carbocycles. The summed E-state index contributed by atoms with van der Waals surface area (Å²) in [6.45, 7) is 0. The molecule has 0 saturated heterocycles. The summed E-state index contributed by atoms with van der Waals surface area (Å²) in [7, 11) is 0. The van der Waals surface area contributed by atoms with E-state index >= 15 is 0 Å². The number of carbonyl (C=O) groups is 1. The standard InChI is InChI=1S/C16H11NO2S/c18-16(19-13-6-2-1-3-7-13)15-9-8-14(20-15)12-5-4-10-17-11-12/h1-11H. The molecule has 0 fully saturated rings. The molecule has 2 aromatic heterocycles. The lowest BCUT2D eigenvalue weighted by atomic mass is 10.2. The molecule has 0 amide bonds. The number of thiophene rings is 1. The molecular formula is C16H11NO2S. The van der Waals surface area contributed by atoms with Gasteiger partial charge in [-0.05, 0) is 30.3 Å². The zero-order valence-electron chi connectivity index (χ0n) is 10.5. The van der Waals surface area contributed by atoms with Crippen LogP contribution in [-0.4, -0.2) is 11.0 Å². The number of pyridine rings is 1. The molecule has 0 radical (unpaired) electrons. The highest BCUT2D eigenvalue weighted by molar-refractivity contribution is 7.17. The number of hydrogen-bond acceptors (Lipinski definition) is 4. The van der Waals surface area contributed by atoms with Crippen LogP contribution in [0.15, 0.2) is 67.0 Å². The molecule has 0 spiro atoms. The molecule has 0 atom stereocenters. The lowest BCUT2D eigenvalue weighted by molar-refractivity contribution is 0.0740. The van der Waals surface area contributed by atoms with Gasteiger partial charge in [-0.1, -0.05) is 24.3 Å². The first-order valence-electron chi connectivity index (χ1n) is 6.10. The zero-order chi connectivity index (χ0) is 13.8. The van der Waals surface area contributed by atoms with E-state index in [1.807, 2.05) is 36.4 Å². The fourth-order valence-corrected chi connectivity index (χ4v) is 2.63. The van der Waals surface area contributed by atoms with Crippen molar-refractivity contribution in [3.05, 3.63) is 71.9 Å². The van der Waals surface area contributed by atoms with E-state index in [2.05, 4.69) is 4.98 Å². The maximum atomic E-state index is 12.0. The first-order chi connectivity index (χ1) is 9.83. The average molecular weight is 281 g/mol. The van der Waals surface area contributed by atoms with Crippen LogP contribution >= 0.6 is 11.3 Å². The number of ether oxygens (including phenoxy) is 1. The SMILES string of the molecule is O=C(Oc1ccccc1)c1ccc(-c2cccnc2)s1.